The van der Waals surface area contributed by atoms with E-state index in [1.807, 2.05) is 6.07 Å². The number of carboxylic acids is 1. The van der Waals surface area contributed by atoms with Gasteiger partial charge in [-0.2, -0.15) is 5.26 Å². The molecule has 0 aliphatic carbocycles. The molecule has 0 aliphatic rings. The van der Waals surface area contributed by atoms with Crippen molar-refractivity contribution in [2.24, 2.45) is 0 Å². The minimum Gasteiger partial charge on any atom is -0.477 e. The normalized spacial score (nSPS) is 9.80. The number of hydrogen-bond donors (Lipinski definition) is 1. The number of hydrogen-bond acceptors (Lipinski definition) is 4. The molecule has 5 heteroatoms. The fraction of sp³-hybridized carbons (Fsp3) is 0. The third-order valence-electron chi connectivity index (χ3n) is 1.78. The van der Waals surface area contributed by atoms with Gasteiger partial charge in [0, 0.05) is 9.75 Å². The van der Waals surface area contributed by atoms with Crippen LogP contribution in [-0.2, 0) is 0 Å². The number of nitriles is 1. The molecule has 74 valence electrons. The Morgan fingerprint density at radius 3 is 2.40 bits per heavy atom. The number of carbonyl (C=O) groups is 1. The summed E-state index contributed by atoms with van der Waals surface area (Å²) in [6, 6.07) is 8.97. The van der Waals surface area contributed by atoms with Crippen molar-refractivity contribution < 1.29 is 9.90 Å². The van der Waals surface area contributed by atoms with Gasteiger partial charge in [-0.15, -0.1) is 22.7 Å². The number of thiophene rings is 2. The second-order valence-corrected chi connectivity index (χ2v) is 4.91. The van der Waals surface area contributed by atoms with Crippen molar-refractivity contribution in [2.75, 3.05) is 0 Å². The van der Waals surface area contributed by atoms with E-state index >= 15 is 0 Å². The van der Waals surface area contributed by atoms with Crippen molar-refractivity contribution in [1.82, 2.24) is 0 Å². The van der Waals surface area contributed by atoms with Gasteiger partial charge in [-0.05, 0) is 24.3 Å². The molecule has 0 radical (unpaired) electrons. The number of nitrogens with zero attached hydrogens (tertiary/aromatic N) is 1. The molecule has 0 aromatic carbocycles. The summed E-state index contributed by atoms with van der Waals surface area (Å²) in [4.78, 5) is 13.4. The Morgan fingerprint density at radius 1 is 1.20 bits per heavy atom. The lowest BCUT2D eigenvalue weighted by molar-refractivity contribution is 0.0702. The van der Waals surface area contributed by atoms with E-state index in [1.165, 1.54) is 22.7 Å². The molecule has 0 saturated carbocycles. The lowest BCUT2D eigenvalue weighted by Crippen LogP contribution is -1.89. The van der Waals surface area contributed by atoms with Crippen LogP contribution in [0.5, 0.6) is 0 Å². The van der Waals surface area contributed by atoms with Gasteiger partial charge in [-0.1, -0.05) is 0 Å². The standard InChI is InChI=1S/C10H5NO2S2/c11-5-6-1-2-7(14-6)8-3-4-9(15-8)10(12)13/h1-4H,(H,12,13). The first kappa shape index (κ1) is 9.90. The van der Waals surface area contributed by atoms with Gasteiger partial charge in [0.1, 0.15) is 15.8 Å². The monoisotopic (exact) mass is 235 g/mol. The Morgan fingerprint density at radius 2 is 1.87 bits per heavy atom. The highest BCUT2D eigenvalue weighted by Gasteiger charge is 2.09. The van der Waals surface area contributed by atoms with Gasteiger partial charge in [0.05, 0.1) is 0 Å². The lowest BCUT2D eigenvalue weighted by atomic mass is 10.3. The summed E-state index contributed by atoms with van der Waals surface area (Å²) in [6.07, 6.45) is 0. The van der Waals surface area contributed by atoms with Crippen molar-refractivity contribution >= 4 is 28.6 Å². The smallest absolute Gasteiger partial charge is 0.345 e. The third-order valence-corrected chi connectivity index (χ3v) is 4.03. The summed E-state index contributed by atoms with van der Waals surface area (Å²) < 4.78 is 0. The number of carboxylic acid groups (broad SMARTS) is 1. The van der Waals surface area contributed by atoms with Crippen LogP contribution in [0, 0.1) is 11.3 Å². The van der Waals surface area contributed by atoms with Gasteiger partial charge in [0.25, 0.3) is 0 Å². The average Bonchev–Trinajstić information content (AvgIpc) is 2.86. The summed E-state index contributed by atoms with van der Waals surface area (Å²) >= 11 is 2.59. The Bertz CT molecular complexity index is 548. The molecule has 1 N–H and O–H groups in total. The highest BCUT2D eigenvalue weighted by molar-refractivity contribution is 7.23. The first-order valence-electron chi connectivity index (χ1n) is 4.04. The van der Waals surface area contributed by atoms with Crippen LogP contribution in [0.15, 0.2) is 24.3 Å². The molecule has 0 amide bonds. The molecule has 0 unspecified atom stereocenters. The van der Waals surface area contributed by atoms with Gasteiger partial charge < -0.3 is 5.11 Å². The Balaban J connectivity index is 2.38. The molecule has 0 spiro atoms. The molecule has 0 fully saturated rings. The number of rotatable bonds is 2. The van der Waals surface area contributed by atoms with E-state index in [-0.39, 0.29) is 0 Å². The van der Waals surface area contributed by atoms with E-state index < -0.39 is 5.97 Å². The Kier molecular flexibility index (Phi) is 2.54. The van der Waals surface area contributed by atoms with Crippen LogP contribution in [0.4, 0.5) is 0 Å². The van der Waals surface area contributed by atoms with E-state index in [1.54, 1.807) is 18.2 Å². The van der Waals surface area contributed by atoms with Crippen LogP contribution in [0.2, 0.25) is 0 Å². The predicted octanol–water partition coefficient (Wildman–Crippen LogP) is 3.05. The summed E-state index contributed by atoms with van der Waals surface area (Å²) in [5.41, 5.74) is 0. The molecule has 15 heavy (non-hydrogen) atoms. The van der Waals surface area contributed by atoms with Crippen LogP contribution < -0.4 is 0 Å². The first-order chi connectivity index (χ1) is 7.20. The van der Waals surface area contributed by atoms with Crippen molar-refractivity contribution in [3.05, 3.63) is 34.0 Å². The summed E-state index contributed by atoms with van der Waals surface area (Å²) in [5, 5.41) is 17.4. The van der Waals surface area contributed by atoms with Crippen LogP contribution in [0.1, 0.15) is 14.5 Å². The summed E-state index contributed by atoms with van der Waals surface area (Å²) in [7, 11) is 0. The second kappa shape index (κ2) is 3.85. The molecule has 2 aromatic rings. The fourth-order valence-corrected chi connectivity index (χ4v) is 2.85. The Labute approximate surface area is 93.8 Å². The average molecular weight is 235 g/mol. The van der Waals surface area contributed by atoms with E-state index in [2.05, 4.69) is 6.07 Å². The molecule has 2 heterocycles. The molecule has 2 aromatic heterocycles. The minimum atomic E-state index is -0.914. The van der Waals surface area contributed by atoms with Crippen molar-refractivity contribution in [2.45, 2.75) is 0 Å². The lowest BCUT2D eigenvalue weighted by Gasteiger charge is -1.87. The topological polar surface area (TPSA) is 61.1 Å². The third kappa shape index (κ3) is 1.91. The van der Waals surface area contributed by atoms with Crippen molar-refractivity contribution in [3.8, 4) is 15.8 Å². The molecule has 0 bridgehead atoms. The number of aromatic carboxylic acids is 1. The van der Waals surface area contributed by atoms with E-state index in [9.17, 15) is 4.79 Å². The quantitative estimate of drug-likeness (QED) is 0.870. The van der Waals surface area contributed by atoms with E-state index in [0.717, 1.165) is 9.75 Å². The van der Waals surface area contributed by atoms with Gasteiger partial charge in [-0.3, -0.25) is 0 Å². The van der Waals surface area contributed by atoms with Crippen molar-refractivity contribution in [1.29, 1.82) is 5.26 Å². The maximum atomic E-state index is 10.7. The molecule has 0 saturated heterocycles. The zero-order chi connectivity index (χ0) is 10.8. The Hall–Kier alpha value is -1.64. The zero-order valence-electron chi connectivity index (χ0n) is 7.43. The van der Waals surface area contributed by atoms with E-state index in [4.69, 9.17) is 10.4 Å². The van der Waals surface area contributed by atoms with Gasteiger partial charge >= 0.3 is 5.97 Å². The first-order valence-corrected chi connectivity index (χ1v) is 5.67. The molecule has 0 atom stereocenters. The van der Waals surface area contributed by atoms with Crippen LogP contribution in [0.3, 0.4) is 0 Å². The molecular formula is C10H5NO2S2. The molecule has 2 rings (SSSR count). The second-order valence-electron chi connectivity index (χ2n) is 2.74. The van der Waals surface area contributed by atoms with Crippen LogP contribution in [0.25, 0.3) is 9.75 Å². The maximum Gasteiger partial charge on any atom is 0.345 e. The predicted molar refractivity (Wildman–Crippen MR) is 59.3 cm³/mol. The van der Waals surface area contributed by atoms with E-state index in [0.29, 0.717) is 9.75 Å². The molecule has 0 aliphatic heterocycles. The fourth-order valence-electron chi connectivity index (χ4n) is 1.12. The highest BCUT2D eigenvalue weighted by atomic mass is 32.1. The summed E-state index contributed by atoms with van der Waals surface area (Å²) in [6.45, 7) is 0. The van der Waals surface area contributed by atoms with Crippen LogP contribution in [-0.4, -0.2) is 11.1 Å². The van der Waals surface area contributed by atoms with Gasteiger partial charge in [0.2, 0.25) is 0 Å². The molecular weight excluding hydrogens is 230 g/mol. The zero-order valence-corrected chi connectivity index (χ0v) is 9.06. The highest BCUT2D eigenvalue weighted by Crippen LogP contribution is 2.33. The maximum absolute atomic E-state index is 10.7. The van der Waals surface area contributed by atoms with Gasteiger partial charge in [0.15, 0.2) is 0 Å². The molecule has 3 nitrogen and oxygen atoms in total. The van der Waals surface area contributed by atoms with Gasteiger partial charge in [-0.25, -0.2) is 4.79 Å². The minimum absolute atomic E-state index is 0.317. The largest absolute Gasteiger partial charge is 0.477 e. The van der Waals surface area contributed by atoms with Crippen molar-refractivity contribution in [3.63, 3.8) is 0 Å². The van der Waals surface area contributed by atoms with Crippen LogP contribution >= 0.6 is 22.7 Å². The SMILES string of the molecule is N#Cc1ccc(-c2ccc(C(=O)O)s2)s1. The summed E-state index contributed by atoms with van der Waals surface area (Å²) in [5.74, 6) is -0.914.